The van der Waals surface area contributed by atoms with E-state index in [2.05, 4.69) is 32.0 Å². The van der Waals surface area contributed by atoms with Gasteiger partial charge in [0.15, 0.2) is 6.10 Å². The van der Waals surface area contributed by atoms with Crippen molar-refractivity contribution in [3.63, 3.8) is 0 Å². The molecule has 0 aliphatic carbocycles. The Balaban J connectivity index is 1.69. The van der Waals surface area contributed by atoms with E-state index in [0.29, 0.717) is 0 Å². The van der Waals surface area contributed by atoms with Crippen LogP contribution in [0.1, 0.15) is 23.9 Å². The van der Waals surface area contributed by atoms with Crippen molar-refractivity contribution in [3.05, 3.63) is 58.3 Å². The number of hydrogen-bond donors (Lipinski definition) is 1. The van der Waals surface area contributed by atoms with Crippen molar-refractivity contribution in [2.24, 2.45) is 0 Å². The molecule has 1 N–H and O–H groups in total. The quantitative estimate of drug-likeness (QED) is 0.719. The van der Waals surface area contributed by atoms with E-state index < -0.39 is 0 Å². The standard InChI is InChI=1S/C16H13BrN2O/c17-11-6-8-14-10(9-11)5-7-15(20-14)16-18-12-3-1-2-4-13(12)19-16/h1-4,6,8-9,15H,5,7H2,(H,18,19). The first-order valence-corrected chi connectivity index (χ1v) is 7.48. The van der Waals surface area contributed by atoms with Gasteiger partial charge in [-0.2, -0.15) is 0 Å². The van der Waals surface area contributed by atoms with Gasteiger partial charge in [0.1, 0.15) is 11.6 Å². The largest absolute Gasteiger partial charge is 0.482 e. The molecule has 0 fully saturated rings. The maximum atomic E-state index is 6.09. The Bertz CT molecular complexity index is 748. The van der Waals surface area contributed by atoms with Crippen molar-refractivity contribution in [2.75, 3.05) is 0 Å². The van der Waals surface area contributed by atoms with Crippen LogP contribution < -0.4 is 4.74 Å². The molecule has 0 amide bonds. The fraction of sp³-hybridized carbons (Fsp3) is 0.188. The molecule has 1 unspecified atom stereocenters. The fourth-order valence-corrected chi connectivity index (χ4v) is 3.08. The SMILES string of the molecule is Brc1ccc2c(c1)CCC(c1nc3ccccc3[nH]1)O2. The Morgan fingerprint density at radius 1 is 1.20 bits per heavy atom. The molecule has 3 aromatic rings. The Morgan fingerprint density at radius 2 is 2.10 bits per heavy atom. The van der Waals surface area contributed by atoms with Crippen LogP contribution in [-0.4, -0.2) is 9.97 Å². The molecule has 0 saturated heterocycles. The molecule has 100 valence electrons. The maximum absolute atomic E-state index is 6.09. The molecule has 2 heterocycles. The van der Waals surface area contributed by atoms with Crippen molar-refractivity contribution in [3.8, 4) is 5.75 Å². The van der Waals surface area contributed by atoms with E-state index in [1.807, 2.05) is 36.4 Å². The van der Waals surface area contributed by atoms with Crippen LogP contribution in [0.5, 0.6) is 5.75 Å². The van der Waals surface area contributed by atoms with E-state index in [1.54, 1.807) is 0 Å². The first kappa shape index (κ1) is 12.0. The predicted molar refractivity (Wildman–Crippen MR) is 81.9 cm³/mol. The predicted octanol–water partition coefficient (Wildman–Crippen LogP) is 4.39. The van der Waals surface area contributed by atoms with Crippen molar-refractivity contribution in [1.29, 1.82) is 0 Å². The normalized spacial score (nSPS) is 17.8. The molecular formula is C16H13BrN2O. The lowest BCUT2D eigenvalue weighted by molar-refractivity contribution is 0.168. The van der Waals surface area contributed by atoms with Crippen molar-refractivity contribution in [2.45, 2.75) is 18.9 Å². The van der Waals surface area contributed by atoms with Crippen LogP contribution in [0.4, 0.5) is 0 Å². The number of aromatic nitrogens is 2. The highest BCUT2D eigenvalue weighted by molar-refractivity contribution is 9.10. The van der Waals surface area contributed by atoms with Crippen molar-refractivity contribution < 1.29 is 4.74 Å². The second-order valence-electron chi connectivity index (χ2n) is 5.04. The van der Waals surface area contributed by atoms with Gasteiger partial charge < -0.3 is 9.72 Å². The molecule has 3 nitrogen and oxygen atoms in total. The molecule has 0 bridgehead atoms. The second-order valence-corrected chi connectivity index (χ2v) is 5.95. The minimum atomic E-state index is 0.0103. The molecule has 1 aliphatic rings. The summed E-state index contributed by atoms with van der Waals surface area (Å²) in [5.74, 6) is 1.88. The number of hydrogen-bond acceptors (Lipinski definition) is 2. The lowest BCUT2D eigenvalue weighted by Gasteiger charge is -2.24. The summed E-state index contributed by atoms with van der Waals surface area (Å²) in [4.78, 5) is 8.00. The third-order valence-electron chi connectivity index (χ3n) is 3.68. The number of nitrogens with one attached hydrogen (secondary N) is 1. The topological polar surface area (TPSA) is 37.9 Å². The number of aryl methyl sites for hydroxylation is 1. The van der Waals surface area contributed by atoms with E-state index in [1.165, 1.54) is 5.56 Å². The second kappa shape index (κ2) is 4.63. The molecule has 4 heteroatoms. The minimum Gasteiger partial charge on any atom is -0.482 e. The molecule has 1 aliphatic heterocycles. The van der Waals surface area contributed by atoms with E-state index >= 15 is 0 Å². The van der Waals surface area contributed by atoms with Gasteiger partial charge in [0, 0.05) is 4.47 Å². The van der Waals surface area contributed by atoms with Crippen LogP contribution in [-0.2, 0) is 6.42 Å². The summed E-state index contributed by atoms with van der Waals surface area (Å²) < 4.78 is 7.19. The molecule has 20 heavy (non-hydrogen) atoms. The van der Waals surface area contributed by atoms with Gasteiger partial charge in [-0.3, -0.25) is 0 Å². The lowest BCUT2D eigenvalue weighted by Crippen LogP contribution is -2.16. The lowest BCUT2D eigenvalue weighted by atomic mass is 10.0. The van der Waals surface area contributed by atoms with E-state index in [0.717, 1.165) is 39.9 Å². The number of halogens is 1. The van der Waals surface area contributed by atoms with Gasteiger partial charge in [-0.25, -0.2) is 4.98 Å². The summed E-state index contributed by atoms with van der Waals surface area (Å²) in [5.41, 5.74) is 3.31. The molecular weight excluding hydrogens is 316 g/mol. The number of ether oxygens (including phenoxy) is 1. The molecule has 1 atom stereocenters. The summed E-state index contributed by atoms with van der Waals surface area (Å²) in [6.45, 7) is 0. The number of para-hydroxylation sites is 2. The molecule has 2 aromatic carbocycles. The highest BCUT2D eigenvalue weighted by atomic mass is 79.9. The van der Waals surface area contributed by atoms with Crippen molar-refractivity contribution >= 4 is 27.0 Å². The third kappa shape index (κ3) is 2.00. The van der Waals surface area contributed by atoms with Crippen LogP contribution in [0.3, 0.4) is 0 Å². The highest BCUT2D eigenvalue weighted by Gasteiger charge is 2.23. The molecule has 0 spiro atoms. The average Bonchev–Trinajstić information content (AvgIpc) is 2.90. The van der Waals surface area contributed by atoms with Crippen LogP contribution >= 0.6 is 15.9 Å². The Kier molecular flexibility index (Phi) is 2.77. The van der Waals surface area contributed by atoms with E-state index in [9.17, 15) is 0 Å². The number of rotatable bonds is 1. The van der Waals surface area contributed by atoms with Crippen LogP contribution in [0.25, 0.3) is 11.0 Å². The summed E-state index contributed by atoms with van der Waals surface area (Å²) in [6.07, 6.45) is 1.97. The number of fused-ring (bicyclic) bond motifs is 2. The maximum Gasteiger partial charge on any atom is 0.156 e. The number of benzene rings is 2. The molecule has 1 aromatic heterocycles. The molecule has 0 saturated carbocycles. The van der Waals surface area contributed by atoms with Crippen LogP contribution in [0, 0.1) is 0 Å². The van der Waals surface area contributed by atoms with Gasteiger partial charge in [-0.05, 0) is 48.7 Å². The molecule has 4 rings (SSSR count). The van der Waals surface area contributed by atoms with E-state index in [4.69, 9.17) is 4.74 Å². The highest BCUT2D eigenvalue weighted by Crippen LogP contribution is 2.35. The van der Waals surface area contributed by atoms with Gasteiger partial charge in [0.2, 0.25) is 0 Å². The third-order valence-corrected chi connectivity index (χ3v) is 4.17. The fourth-order valence-electron chi connectivity index (χ4n) is 2.67. The zero-order chi connectivity index (χ0) is 13.5. The smallest absolute Gasteiger partial charge is 0.156 e. The zero-order valence-electron chi connectivity index (χ0n) is 10.8. The first-order valence-electron chi connectivity index (χ1n) is 6.69. The number of nitrogens with zero attached hydrogens (tertiary/aromatic N) is 1. The Hall–Kier alpha value is -1.81. The van der Waals surface area contributed by atoms with Crippen LogP contribution in [0.2, 0.25) is 0 Å². The molecule has 0 radical (unpaired) electrons. The van der Waals surface area contributed by atoms with E-state index in [-0.39, 0.29) is 6.10 Å². The first-order chi connectivity index (χ1) is 9.79. The monoisotopic (exact) mass is 328 g/mol. The summed E-state index contributed by atoms with van der Waals surface area (Å²) >= 11 is 3.50. The summed E-state index contributed by atoms with van der Waals surface area (Å²) in [6, 6.07) is 14.2. The number of aromatic amines is 1. The zero-order valence-corrected chi connectivity index (χ0v) is 12.4. The number of imidazole rings is 1. The summed E-state index contributed by atoms with van der Waals surface area (Å²) in [5, 5.41) is 0. The van der Waals surface area contributed by atoms with Gasteiger partial charge >= 0.3 is 0 Å². The minimum absolute atomic E-state index is 0.0103. The Morgan fingerprint density at radius 3 is 3.00 bits per heavy atom. The average molecular weight is 329 g/mol. The summed E-state index contributed by atoms with van der Waals surface area (Å²) in [7, 11) is 0. The van der Waals surface area contributed by atoms with Crippen molar-refractivity contribution in [1.82, 2.24) is 9.97 Å². The van der Waals surface area contributed by atoms with Gasteiger partial charge in [0.05, 0.1) is 11.0 Å². The van der Waals surface area contributed by atoms with Gasteiger partial charge in [-0.1, -0.05) is 28.1 Å². The van der Waals surface area contributed by atoms with Crippen LogP contribution in [0.15, 0.2) is 46.9 Å². The van der Waals surface area contributed by atoms with Gasteiger partial charge in [-0.15, -0.1) is 0 Å². The number of H-pyrrole nitrogens is 1. The van der Waals surface area contributed by atoms with Gasteiger partial charge in [0.25, 0.3) is 0 Å². The Labute approximate surface area is 125 Å².